The van der Waals surface area contributed by atoms with E-state index in [0.717, 1.165) is 30.5 Å². The summed E-state index contributed by atoms with van der Waals surface area (Å²) in [5.41, 5.74) is 0.396. The third-order valence-corrected chi connectivity index (χ3v) is 5.94. The fourth-order valence-corrected chi connectivity index (χ4v) is 4.32. The average Bonchev–Trinajstić information content (AvgIpc) is 3.34. The van der Waals surface area contributed by atoms with Gasteiger partial charge in [-0.15, -0.1) is 0 Å². The average molecular weight is 494 g/mol. The fourth-order valence-electron chi connectivity index (χ4n) is 4.32. The molecule has 1 fully saturated rings. The van der Waals surface area contributed by atoms with Crippen LogP contribution in [0.1, 0.15) is 37.8 Å². The molecule has 3 rings (SSSR count). The van der Waals surface area contributed by atoms with Gasteiger partial charge in [0.1, 0.15) is 11.5 Å². The SMILES string of the molecule is CCCN(CC(=O)Nc1ccc(F)c(F)c1F)CC(=O)N1CCCC1c1cc(OC)ccc1OC. The minimum absolute atomic E-state index is 0.0235. The van der Waals surface area contributed by atoms with Crippen LogP contribution in [0.4, 0.5) is 18.9 Å². The van der Waals surface area contributed by atoms with Crippen LogP contribution in [0.2, 0.25) is 0 Å². The van der Waals surface area contributed by atoms with Crippen molar-refractivity contribution in [3.63, 3.8) is 0 Å². The largest absolute Gasteiger partial charge is 0.497 e. The first-order valence-corrected chi connectivity index (χ1v) is 11.5. The van der Waals surface area contributed by atoms with Crippen molar-refractivity contribution in [2.75, 3.05) is 45.7 Å². The molecule has 0 aliphatic carbocycles. The molecule has 2 aromatic carbocycles. The molecule has 0 spiro atoms. The van der Waals surface area contributed by atoms with Crippen molar-refractivity contribution in [3.8, 4) is 11.5 Å². The Morgan fingerprint density at radius 3 is 2.54 bits per heavy atom. The number of amides is 2. The number of rotatable bonds is 10. The lowest BCUT2D eigenvalue weighted by atomic mass is 10.0. The Hall–Kier alpha value is -3.27. The van der Waals surface area contributed by atoms with E-state index in [4.69, 9.17) is 9.47 Å². The van der Waals surface area contributed by atoms with Crippen LogP contribution in [-0.4, -0.2) is 62.0 Å². The Balaban J connectivity index is 1.70. The molecular formula is C25H30F3N3O4. The van der Waals surface area contributed by atoms with Crippen LogP contribution in [0.3, 0.4) is 0 Å². The highest BCUT2D eigenvalue weighted by Crippen LogP contribution is 2.39. The monoisotopic (exact) mass is 493 g/mol. The number of hydrogen-bond acceptors (Lipinski definition) is 5. The third kappa shape index (κ3) is 6.25. The van der Waals surface area contributed by atoms with Crippen LogP contribution in [0, 0.1) is 17.5 Å². The van der Waals surface area contributed by atoms with Crippen molar-refractivity contribution in [1.29, 1.82) is 0 Å². The van der Waals surface area contributed by atoms with Crippen LogP contribution in [0.5, 0.6) is 11.5 Å². The highest BCUT2D eigenvalue weighted by atomic mass is 19.2. The molecule has 190 valence electrons. The summed E-state index contributed by atoms with van der Waals surface area (Å²) < 4.78 is 51.4. The highest BCUT2D eigenvalue weighted by Gasteiger charge is 2.33. The van der Waals surface area contributed by atoms with Gasteiger partial charge >= 0.3 is 0 Å². The van der Waals surface area contributed by atoms with Gasteiger partial charge in [0.25, 0.3) is 0 Å². The van der Waals surface area contributed by atoms with E-state index in [0.29, 0.717) is 31.0 Å². The minimum Gasteiger partial charge on any atom is -0.497 e. The zero-order valence-electron chi connectivity index (χ0n) is 20.1. The molecule has 1 aliphatic rings. The van der Waals surface area contributed by atoms with Gasteiger partial charge in [-0.05, 0) is 56.1 Å². The van der Waals surface area contributed by atoms with E-state index >= 15 is 0 Å². The van der Waals surface area contributed by atoms with E-state index in [1.54, 1.807) is 36.2 Å². The predicted molar refractivity (Wildman–Crippen MR) is 125 cm³/mol. The number of nitrogens with zero attached hydrogens (tertiary/aromatic N) is 2. The first-order chi connectivity index (χ1) is 16.8. The minimum atomic E-state index is -1.66. The molecule has 0 radical (unpaired) electrons. The summed E-state index contributed by atoms with van der Waals surface area (Å²) in [6.45, 7) is 2.68. The zero-order valence-corrected chi connectivity index (χ0v) is 20.1. The van der Waals surface area contributed by atoms with Gasteiger partial charge in [-0.3, -0.25) is 14.5 Å². The normalized spacial score (nSPS) is 15.4. The topological polar surface area (TPSA) is 71.1 Å². The standard InChI is InChI=1S/C25H30F3N3O4/c1-4-11-30(14-22(32)29-19-9-8-18(26)24(27)25(19)28)15-23(33)31-12-5-6-20(31)17-13-16(34-2)7-10-21(17)35-3/h7-10,13,20H,4-6,11-12,14-15H2,1-3H3,(H,29,32). The van der Waals surface area contributed by atoms with Crippen LogP contribution >= 0.6 is 0 Å². The van der Waals surface area contributed by atoms with Gasteiger partial charge in [-0.25, -0.2) is 13.2 Å². The van der Waals surface area contributed by atoms with Gasteiger partial charge < -0.3 is 19.7 Å². The zero-order chi connectivity index (χ0) is 25.5. The molecule has 0 aromatic heterocycles. The van der Waals surface area contributed by atoms with E-state index in [1.807, 2.05) is 13.0 Å². The second-order valence-corrected chi connectivity index (χ2v) is 8.33. The molecule has 10 heteroatoms. The number of ether oxygens (including phenoxy) is 2. The Bertz CT molecular complexity index is 1070. The van der Waals surface area contributed by atoms with Crippen molar-refractivity contribution < 1.29 is 32.2 Å². The molecule has 2 aromatic rings. The maximum absolute atomic E-state index is 13.9. The number of likely N-dealkylation sites (tertiary alicyclic amines) is 1. The number of methoxy groups -OCH3 is 2. The highest BCUT2D eigenvalue weighted by molar-refractivity contribution is 5.92. The number of anilines is 1. The number of carbonyl (C=O) groups is 2. The van der Waals surface area contributed by atoms with Gasteiger partial charge in [0.05, 0.1) is 39.0 Å². The number of nitrogens with one attached hydrogen (secondary N) is 1. The molecule has 1 unspecified atom stereocenters. The molecule has 35 heavy (non-hydrogen) atoms. The summed E-state index contributed by atoms with van der Waals surface area (Å²) in [6.07, 6.45) is 2.26. The molecule has 2 amide bonds. The second-order valence-electron chi connectivity index (χ2n) is 8.33. The molecule has 1 atom stereocenters. The van der Waals surface area contributed by atoms with E-state index in [-0.39, 0.29) is 25.0 Å². The molecule has 1 N–H and O–H groups in total. The summed E-state index contributed by atoms with van der Waals surface area (Å²) in [6, 6.07) is 6.96. The first kappa shape index (κ1) is 26.3. The van der Waals surface area contributed by atoms with Gasteiger partial charge in [-0.1, -0.05) is 6.92 Å². The number of halogens is 3. The third-order valence-electron chi connectivity index (χ3n) is 5.94. The smallest absolute Gasteiger partial charge is 0.238 e. The Morgan fingerprint density at radius 2 is 1.86 bits per heavy atom. The van der Waals surface area contributed by atoms with Gasteiger partial charge in [0.15, 0.2) is 17.5 Å². The summed E-state index contributed by atoms with van der Waals surface area (Å²) in [7, 11) is 3.15. The Morgan fingerprint density at radius 1 is 1.09 bits per heavy atom. The molecule has 1 heterocycles. The van der Waals surface area contributed by atoms with Crippen LogP contribution < -0.4 is 14.8 Å². The van der Waals surface area contributed by atoms with Crippen LogP contribution in [0.25, 0.3) is 0 Å². The van der Waals surface area contributed by atoms with Gasteiger partial charge in [0.2, 0.25) is 11.8 Å². The summed E-state index contributed by atoms with van der Waals surface area (Å²) in [4.78, 5) is 29.2. The summed E-state index contributed by atoms with van der Waals surface area (Å²) in [5.74, 6) is -3.93. The maximum atomic E-state index is 13.9. The molecule has 0 saturated carbocycles. The molecule has 7 nitrogen and oxygen atoms in total. The lowest BCUT2D eigenvalue weighted by molar-refractivity contribution is -0.133. The van der Waals surface area contributed by atoms with Crippen molar-refractivity contribution in [2.45, 2.75) is 32.2 Å². The number of carbonyl (C=O) groups excluding carboxylic acids is 2. The van der Waals surface area contributed by atoms with Gasteiger partial charge in [0, 0.05) is 12.1 Å². The Kier molecular flexibility index (Phi) is 8.97. The molecule has 0 bridgehead atoms. The molecule has 1 aliphatic heterocycles. The maximum Gasteiger partial charge on any atom is 0.238 e. The lowest BCUT2D eigenvalue weighted by Gasteiger charge is -2.29. The molecule has 1 saturated heterocycles. The van der Waals surface area contributed by atoms with Crippen LogP contribution in [0.15, 0.2) is 30.3 Å². The Labute approximate surface area is 202 Å². The van der Waals surface area contributed by atoms with E-state index in [1.165, 1.54) is 0 Å². The fraction of sp³-hybridized carbons (Fsp3) is 0.440. The second kappa shape index (κ2) is 11.9. The van der Waals surface area contributed by atoms with E-state index in [2.05, 4.69) is 5.32 Å². The lowest BCUT2D eigenvalue weighted by Crippen LogP contribution is -2.43. The summed E-state index contributed by atoms with van der Waals surface area (Å²) in [5, 5.41) is 2.25. The van der Waals surface area contributed by atoms with Crippen molar-refractivity contribution in [2.24, 2.45) is 0 Å². The van der Waals surface area contributed by atoms with Crippen molar-refractivity contribution >= 4 is 17.5 Å². The first-order valence-electron chi connectivity index (χ1n) is 11.5. The van der Waals surface area contributed by atoms with E-state index in [9.17, 15) is 22.8 Å². The van der Waals surface area contributed by atoms with E-state index < -0.39 is 29.0 Å². The predicted octanol–water partition coefficient (Wildman–Crippen LogP) is 4.14. The van der Waals surface area contributed by atoms with Gasteiger partial charge in [-0.2, -0.15) is 0 Å². The van der Waals surface area contributed by atoms with Crippen molar-refractivity contribution in [3.05, 3.63) is 53.3 Å². The number of benzene rings is 2. The van der Waals surface area contributed by atoms with Crippen LogP contribution in [-0.2, 0) is 9.59 Å². The summed E-state index contributed by atoms with van der Waals surface area (Å²) >= 11 is 0. The number of hydrogen-bond donors (Lipinski definition) is 1. The van der Waals surface area contributed by atoms with Crippen molar-refractivity contribution in [1.82, 2.24) is 9.80 Å². The quantitative estimate of drug-likeness (QED) is 0.504. The molecular weight excluding hydrogens is 463 g/mol.